The molecule has 0 aliphatic heterocycles. The molecule has 0 spiro atoms. The maximum absolute atomic E-state index is 11.2. The third-order valence-corrected chi connectivity index (χ3v) is 3.47. The molecule has 0 radical (unpaired) electrons. The van der Waals surface area contributed by atoms with E-state index >= 15 is 0 Å². The van der Waals surface area contributed by atoms with Crippen LogP contribution in [0.4, 0.5) is 0 Å². The van der Waals surface area contributed by atoms with Gasteiger partial charge in [-0.25, -0.2) is 0 Å². The molecule has 0 bridgehead atoms. The zero-order valence-electron chi connectivity index (χ0n) is 17.9. The van der Waals surface area contributed by atoms with Crippen molar-refractivity contribution >= 4 is 84.8 Å². The van der Waals surface area contributed by atoms with Gasteiger partial charge in [0.1, 0.15) is 0 Å². The first-order chi connectivity index (χ1) is 9.12. The molecule has 0 fully saturated rings. The molecular formula is C12H27Cl3Mg3O8P2. The Morgan fingerprint density at radius 3 is 0.786 bits per heavy atom. The van der Waals surface area contributed by atoms with E-state index in [9.17, 15) is 23.8 Å². The van der Waals surface area contributed by atoms with Gasteiger partial charge in [-0.3, -0.25) is 4.57 Å². The molecule has 0 aromatic rings. The average molecular weight is 541 g/mol. The van der Waals surface area contributed by atoms with E-state index in [1.165, 1.54) is 20.8 Å². The van der Waals surface area contributed by atoms with Crippen molar-refractivity contribution in [3.05, 3.63) is 0 Å². The van der Waals surface area contributed by atoms with Gasteiger partial charge in [0.05, 0.1) is 24.6 Å². The Balaban J connectivity index is -0.0000000407. The Bertz CT molecular complexity index is 429. The van der Waals surface area contributed by atoms with Gasteiger partial charge in [-0.05, 0) is 62.3 Å². The van der Waals surface area contributed by atoms with E-state index in [4.69, 9.17) is 9.05 Å². The molecule has 16 heteroatoms. The molecule has 160 valence electrons. The van der Waals surface area contributed by atoms with E-state index in [0.717, 1.165) is 0 Å². The van der Waals surface area contributed by atoms with Crippen molar-refractivity contribution < 1.29 is 74.6 Å². The first kappa shape index (κ1) is 53.0. The summed E-state index contributed by atoms with van der Waals surface area (Å²) in [5.74, 6) is 0. The van der Waals surface area contributed by atoms with Gasteiger partial charge in [-0.15, -0.1) is 0 Å². The number of hydrogen-bond donors (Lipinski definition) is 0. The molecule has 0 aliphatic carbocycles. The molecular weight excluding hydrogens is 513 g/mol. The average Bonchev–Trinajstić information content (AvgIpc) is 1.82. The molecule has 0 rings (SSSR count). The number of halogens is 3. The molecule has 0 N–H and O–H groups in total. The van der Waals surface area contributed by atoms with E-state index in [1.807, 2.05) is 0 Å². The molecule has 0 aromatic carbocycles. The molecule has 0 unspecified atom stereocenters. The van der Waals surface area contributed by atoms with Gasteiger partial charge in [0.15, 0.2) is 0 Å². The minimum absolute atomic E-state index is 0. The van der Waals surface area contributed by atoms with E-state index in [2.05, 4.69) is 4.52 Å². The number of phosphoric acid groups is 2. The van der Waals surface area contributed by atoms with Gasteiger partial charge in [0.25, 0.3) is 7.82 Å². The zero-order chi connectivity index (χ0) is 18.6. The molecule has 8 nitrogen and oxygen atoms in total. The quantitative estimate of drug-likeness (QED) is 0.255. The summed E-state index contributed by atoms with van der Waals surface area (Å²) >= 11 is 0. The summed E-state index contributed by atoms with van der Waals surface area (Å²) in [4.78, 5) is 31.0. The Hall–Kier alpha value is 3.39. The molecule has 0 saturated heterocycles. The van der Waals surface area contributed by atoms with Crippen LogP contribution < -0.4 is 51.9 Å². The first-order valence-electron chi connectivity index (χ1n) is 6.57. The molecule has 28 heavy (non-hydrogen) atoms. The van der Waals surface area contributed by atoms with Gasteiger partial charge < -0.3 is 70.0 Å². The first-order valence-corrected chi connectivity index (χ1v) is 9.49. The van der Waals surface area contributed by atoms with Crippen LogP contribution in [0.25, 0.3) is 0 Å². The standard InChI is InChI=1S/C8H19O4P.C4H11O4P.3ClH.3Mg/c1-7(2,3)11-13(9,10)12-8(4,5)6;1-4(2,3)8-9(5,6)7;;;;;;/h1-6H3,(H,9,10);1-3H3,(H2,5,6,7);3*1H;;;/q;;;;;3*+2/p-6. The number of rotatable bonds is 3. The van der Waals surface area contributed by atoms with Crippen molar-refractivity contribution in [1.82, 2.24) is 0 Å². The van der Waals surface area contributed by atoms with Crippen LogP contribution >= 0.6 is 15.6 Å². The van der Waals surface area contributed by atoms with Gasteiger partial charge in [-0.2, -0.15) is 0 Å². The summed E-state index contributed by atoms with van der Waals surface area (Å²) in [6.07, 6.45) is 0. The van der Waals surface area contributed by atoms with E-state index in [0.29, 0.717) is 0 Å². The summed E-state index contributed by atoms with van der Waals surface area (Å²) in [5, 5.41) is 0. The summed E-state index contributed by atoms with van der Waals surface area (Å²) in [5.41, 5.74) is -2.40. The Labute approximate surface area is 236 Å². The SMILES string of the molecule is CC(C)(C)OP(=O)([O-])OC(C)(C)C.CC(C)(C)OP(=O)([O-])[O-].[Cl-].[Cl-].[Cl-].[Mg+2].[Mg+2].[Mg+2]. The smallest absolute Gasteiger partial charge is 1.00 e. The number of hydrogen-bond acceptors (Lipinski definition) is 8. The van der Waals surface area contributed by atoms with Gasteiger partial charge >= 0.3 is 69.2 Å². The Kier molecular flexibility index (Phi) is 37.5. The molecule has 0 amide bonds. The predicted octanol–water partition coefficient (Wildman–Crippen LogP) is -8.42. The fourth-order valence-electron chi connectivity index (χ4n) is 1.02. The minimum atomic E-state index is -4.79. The molecule has 0 aromatic heterocycles. The van der Waals surface area contributed by atoms with Crippen molar-refractivity contribution in [3.63, 3.8) is 0 Å². The molecule has 0 saturated carbocycles. The Morgan fingerprint density at radius 2 is 0.714 bits per heavy atom. The number of phosphoric ester groups is 2. The maximum Gasteiger partial charge on any atom is 2.00 e. The van der Waals surface area contributed by atoms with Crippen LogP contribution in [0.3, 0.4) is 0 Å². The van der Waals surface area contributed by atoms with E-state index in [1.54, 1.807) is 41.5 Å². The Morgan fingerprint density at radius 1 is 0.536 bits per heavy atom. The van der Waals surface area contributed by atoms with Crippen LogP contribution in [-0.4, -0.2) is 86.0 Å². The van der Waals surface area contributed by atoms with Crippen molar-refractivity contribution in [3.8, 4) is 0 Å². The van der Waals surface area contributed by atoms with E-state index in [-0.39, 0.29) is 106 Å². The van der Waals surface area contributed by atoms with Crippen LogP contribution in [0, 0.1) is 0 Å². The van der Waals surface area contributed by atoms with Crippen molar-refractivity contribution in [2.24, 2.45) is 0 Å². The van der Waals surface area contributed by atoms with Gasteiger partial charge in [0, 0.05) is 0 Å². The van der Waals surface area contributed by atoms with Crippen LogP contribution in [-0.2, 0) is 22.7 Å². The van der Waals surface area contributed by atoms with Gasteiger partial charge in [0.2, 0.25) is 0 Å². The summed E-state index contributed by atoms with van der Waals surface area (Å²) < 4.78 is 34.8. The fraction of sp³-hybridized carbons (Fsp3) is 1.00. The van der Waals surface area contributed by atoms with Crippen LogP contribution in [0.15, 0.2) is 0 Å². The third kappa shape index (κ3) is 51.8. The van der Waals surface area contributed by atoms with Crippen molar-refractivity contribution in [1.29, 1.82) is 0 Å². The van der Waals surface area contributed by atoms with Crippen LogP contribution in [0.5, 0.6) is 0 Å². The molecule has 0 aliphatic rings. The third-order valence-electron chi connectivity index (χ3n) is 1.16. The van der Waals surface area contributed by atoms with Crippen LogP contribution in [0.1, 0.15) is 62.3 Å². The zero-order valence-corrected chi connectivity index (χ0v) is 26.2. The van der Waals surface area contributed by atoms with Crippen LogP contribution in [0.2, 0.25) is 0 Å². The maximum atomic E-state index is 11.2. The second-order valence-electron chi connectivity index (χ2n) is 7.51. The minimum Gasteiger partial charge on any atom is -1.00 e. The second kappa shape index (κ2) is 19.8. The molecule has 0 atom stereocenters. The summed E-state index contributed by atoms with van der Waals surface area (Å²) in [6.45, 7) is 14.4. The van der Waals surface area contributed by atoms with Crippen molar-refractivity contribution in [2.75, 3.05) is 0 Å². The van der Waals surface area contributed by atoms with Gasteiger partial charge in [-0.1, -0.05) is 0 Å². The topological polar surface area (TPSA) is 131 Å². The normalized spacial score (nSPS) is 11.3. The van der Waals surface area contributed by atoms with E-state index < -0.39 is 32.4 Å². The summed E-state index contributed by atoms with van der Waals surface area (Å²) in [7, 11) is -8.97. The second-order valence-corrected chi connectivity index (χ2v) is 9.84. The predicted molar refractivity (Wildman–Crippen MR) is 95.0 cm³/mol. The largest absolute Gasteiger partial charge is 2.00 e. The molecule has 0 heterocycles. The van der Waals surface area contributed by atoms with Crippen molar-refractivity contribution in [2.45, 2.75) is 79.1 Å². The summed E-state index contributed by atoms with van der Waals surface area (Å²) in [6, 6.07) is 0. The fourth-order valence-corrected chi connectivity index (χ4v) is 3.07. The monoisotopic (exact) mass is 538 g/mol.